The predicted molar refractivity (Wildman–Crippen MR) is 69.8 cm³/mol. The molecule has 0 heterocycles. The van der Waals surface area contributed by atoms with Gasteiger partial charge in [0.25, 0.3) is 0 Å². The van der Waals surface area contributed by atoms with Gasteiger partial charge in [0, 0.05) is 12.8 Å². The molecule has 0 spiro atoms. The Bertz CT molecular complexity index is 348. The minimum absolute atomic E-state index is 0.157. The highest BCUT2D eigenvalue weighted by molar-refractivity contribution is 5.83. The Morgan fingerprint density at radius 1 is 1.11 bits per heavy atom. The van der Waals surface area contributed by atoms with E-state index in [-0.39, 0.29) is 6.42 Å². The Balaban J connectivity index is 4.20. The second kappa shape index (κ2) is 10.3. The van der Waals surface area contributed by atoms with Crippen molar-refractivity contribution in [2.45, 2.75) is 64.3 Å². The van der Waals surface area contributed by atoms with Crippen molar-refractivity contribution in [2.24, 2.45) is 0 Å². The third-order valence-electron chi connectivity index (χ3n) is 2.64. The first-order valence-electron chi connectivity index (χ1n) is 7.08. The van der Waals surface area contributed by atoms with Gasteiger partial charge in [-0.3, -0.25) is 9.59 Å². The van der Waals surface area contributed by atoms with E-state index in [0.717, 1.165) is 25.7 Å². The fourth-order valence-electron chi connectivity index (χ4n) is 1.57. The van der Waals surface area contributed by atoms with Crippen LogP contribution < -0.4 is 5.32 Å². The van der Waals surface area contributed by atoms with E-state index in [1.807, 2.05) is 0 Å². The van der Waals surface area contributed by atoms with Crippen molar-refractivity contribution in [1.82, 2.24) is 5.32 Å². The van der Waals surface area contributed by atoms with E-state index in [9.17, 15) is 14.4 Å². The van der Waals surface area contributed by atoms with Crippen LogP contribution in [-0.4, -0.2) is 34.1 Å². The summed E-state index contributed by atoms with van der Waals surface area (Å²) in [4.78, 5) is 33.0. The first-order chi connectivity index (χ1) is 9.31. The molecule has 110 valence electrons. The van der Waals surface area contributed by atoms with Gasteiger partial charge in [0.1, 0.15) is 6.02 Å². The molecule has 0 saturated heterocycles. The van der Waals surface area contributed by atoms with Crippen molar-refractivity contribution in [3.8, 4) is 0 Å². The van der Waals surface area contributed by atoms with Crippen molar-refractivity contribution in [2.75, 3.05) is 0 Å². The number of amides is 1. The van der Waals surface area contributed by atoms with Gasteiger partial charge >= 0.3 is 11.9 Å². The lowest BCUT2D eigenvalue weighted by Crippen LogP contribution is -2.41. The summed E-state index contributed by atoms with van der Waals surface area (Å²) in [6.45, 7) is 2.08. The molecule has 0 aliphatic heterocycles. The lowest BCUT2D eigenvalue weighted by Gasteiger charge is -2.13. The summed E-state index contributed by atoms with van der Waals surface area (Å²) in [5, 5.41) is 19.6. The lowest BCUT2D eigenvalue weighted by atomic mass is 10.1. The van der Waals surface area contributed by atoms with Crippen LogP contribution in [0.1, 0.15) is 59.7 Å². The highest BCUT2D eigenvalue weighted by Crippen LogP contribution is 2.05. The maximum absolute atomic E-state index is 11.6. The van der Waals surface area contributed by atoms with Crippen molar-refractivity contribution in [1.29, 1.82) is 0 Å². The van der Waals surface area contributed by atoms with Crippen LogP contribution in [0.15, 0.2) is 0 Å². The largest absolute Gasteiger partial charge is 0.481 e. The first-order valence-corrected chi connectivity index (χ1v) is 6.58. The maximum Gasteiger partial charge on any atom is 0.326 e. The molecule has 19 heavy (non-hydrogen) atoms. The average Bonchev–Trinajstić information content (AvgIpc) is 2.36. The molecule has 6 nitrogen and oxygen atoms in total. The van der Waals surface area contributed by atoms with E-state index >= 15 is 0 Å². The zero-order chi connectivity index (χ0) is 15.6. The molecule has 0 bridgehead atoms. The molecule has 1 amide bonds. The molecule has 0 aliphatic carbocycles. The van der Waals surface area contributed by atoms with E-state index in [1.54, 1.807) is 0 Å². The Kier molecular flexibility index (Phi) is 8.42. The van der Waals surface area contributed by atoms with Gasteiger partial charge < -0.3 is 15.5 Å². The number of unbranched alkanes of at least 4 members (excludes halogenated alkanes) is 4. The van der Waals surface area contributed by atoms with E-state index in [4.69, 9.17) is 11.6 Å². The molecule has 6 heteroatoms. The number of aliphatic carboxylic acids is 2. The van der Waals surface area contributed by atoms with E-state index < -0.39 is 36.7 Å². The van der Waals surface area contributed by atoms with Gasteiger partial charge in [-0.25, -0.2) is 4.79 Å². The summed E-state index contributed by atoms with van der Waals surface area (Å²) < 4.78 is 7.65. The number of carboxylic acid groups (broad SMARTS) is 2. The van der Waals surface area contributed by atoms with Crippen LogP contribution in [0.3, 0.4) is 0 Å². The SMILES string of the molecule is [3H][C@@](CCC(=O)O)(NC(=O)CCCCCCC)C(=O)O. The molecule has 0 radical (unpaired) electrons. The van der Waals surface area contributed by atoms with Gasteiger partial charge in [0.15, 0.2) is 0 Å². The highest BCUT2D eigenvalue weighted by Gasteiger charge is 2.20. The summed E-state index contributed by atoms with van der Waals surface area (Å²) in [6.07, 6.45) is 3.95. The number of hydrogen-bond donors (Lipinski definition) is 3. The summed E-state index contributed by atoms with van der Waals surface area (Å²) >= 11 is 0. The normalized spacial score (nSPS) is 14.3. The van der Waals surface area contributed by atoms with E-state index in [2.05, 4.69) is 12.2 Å². The molecule has 0 fully saturated rings. The van der Waals surface area contributed by atoms with Crippen LogP contribution in [0.4, 0.5) is 0 Å². The third-order valence-corrected chi connectivity index (χ3v) is 2.64. The smallest absolute Gasteiger partial charge is 0.326 e. The Morgan fingerprint density at radius 3 is 2.26 bits per heavy atom. The van der Waals surface area contributed by atoms with Crippen molar-refractivity contribution < 1.29 is 26.0 Å². The number of carbonyl (C=O) groups is 3. The molecule has 1 atom stereocenters. The van der Waals surface area contributed by atoms with Gasteiger partial charge in [-0.1, -0.05) is 32.6 Å². The number of rotatable bonds is 11. The van der Waals surface area contributed by atoms with Crippen LogP contribution in [0.5, 0.6) is 0 Å². The zero-order valence-electron chi connectivity index (χ0n) is 12.3. The minimum Gasteiger partial charge on any atom is -0.481 e. The number of carbonyl (C=O) groups excluding carboxylic acids is 1. The fraction of sp³-hybridized carbons (Fsp3) is 0.769. The predicted octanol–water partition coefficient (Wildman–Crippen LogP) is 1.78. The molecular weight excluding hydrogens is 250 g/mol. The molecule has 3 N–H and O–H groups in total. The van der Waals surface area contributed by atoms with E-state index in [0.29, 0.717) is 6.42 Å². The average molecular weight is 275 g/mol. The number of hydrogen-bond acceptors (Lipinski definition) is 3. The summed E-state index contributed by atoms with van der Waals surface area (Å²) in [7, 11) is 0. The van der Waals surface area contributed by atoms with E-state index in [1.165, 1.54) is 0 Å². The van der Waals surface area contributed by atoms with Gasteiger partial charge in [-0.15, -0.1) is 0 Å². The van der Waals surface area contributed by atoms with Crippen molar-refractivity contribution >= 4 is 17.8 Å². The second-order valence-corrected chi connectivity index (χ2v) is 4.39. The van der Waals surface area contributed by atoms with Crippen LogP contribution in [-0.2, 0) is 14.4 Å². The Labute approximate surface area is 114 Å². The lowest BCUT2D eigenvalue weighted by molar-refractivity contribution is -0.143. The number of nitrogens with one attached hydrogen (secondary N) is 1. The Morgan fingerprint density at radius 2 is 1.74 bits per heavy atom. The maximum atomic E-state index is 11.6. The Hall–Kier alpha value is -1.59. The molecule has 0 rings (SSSR count). The van der Waals surface area contributed by atoms with Gasteiger partial charge in [-0.05, 0) is 12.8 Å². The third kappa shape index (κ3) is 10.1. The minimum atomic E-state index is -2.26. The quantitative estimate of drug-likeness (QED) is 0.499. The van der Waals surface area contributed by atoms with Crippen LogP contribution >= 0.6 is 0 Å². The second-order valence-electron chi connectivity index (χ2n) is 4.39. The van der Waals surface area contributed by atoms with Crippen molar-refractivity contribution in [3.63, 3.8) is 0 Å². The first kappa shape index (κ1) is 15.5. The summed E-state index contributed by atoms with van der Waals surface area (Å²) in [5.74, 6) is -3.26. The zero-order valence-corrected chi connectivity index (χ0v) is 11.3. The van der Waals surface area contributed by atoms with Crippen LogP contribution in [0.25, 0.3) is 0 Å². The molecule has 0 aliphatic rings. The topological polar surface area (TPSA) is 104 Å². The van der Waals surface area contributed by atoms with Crippen LogP contribution in [0, 0.1) is 0 Å². The molecule has 0 aromatic carbocycles. The van der Waals surface area contributed by atoms with Gasteiger partial charge in [-0.2, -0.15) is 0 Å². The highest BCUT2D eigenvalue weighted by atomic mass is 16.4. The molecule has 0 saturated carbocycles. The van der Waals surface area contributed by atoms with Crippen molar-refractivity contribution in [3.05, 3.63) is 0 Å². The monoisotopic (exact) mass is 275 g/mol. The standard InChI is InChI=1S/C13H23NO5/c1-2-3-4-5-6-7-11(15)14-10(13(18)19)8-9-12(16)17/h10H,2-9H2,1H3,(H,14,15)(H,16,17)(H,18,19)/t10-/m0/s1/i10T. The fourth-order valence-corrected chi connectivity index (χ4v) is 1.57. The summed E-state index contributed by atoms with van der Waals surface area (Å²) in [5.41, 5.74) is 0. The van der Waals surface area contributed by atoms with Gasteiger partial charge in [0.05, 0.1) is 1.37 Å². The van der Waals surface area contributed by atoms with Crippen LogP contribution in [0.2, 0.25) is 0 Å². The molecule has 0 aromatic heterocycles. The molecular formula is C13H23NO5. The molecule has 0 aromatic rings. The summed E-state index contributed by atoms with van der Waals surface area (Å²) in [6, 6.07) is -2.26. The number of carboxylic acids is 2. The van der Waals surface area contributed by atoms with Gasteiger partial charge in [0.2, 0.25) is 5.91 Å². The molecule has 0 unspecified atom stereocenters.